The molecule has 1 aliphatic heterocycles. The number of ether oxygens (including phenoxy) is 1. The first-order chi connectivity index (χ1) is 16.3. The first-order valence-electron chi connectivity index (χ1n) is 11.7. The number of anilines is 1. The SMILES string of the molecule is C#CO.CC1CC1.NC(=O)c1cc(C2CC2)c(OC2CCCN(c3ccc(F)cc3)C2)cc1F. The number of rotatable bonds is 5. The largest absolute Gasteiger partial charge is 0.488 e. The average molecular weight is 471 g/mol. The van der Waals surface area contributed by atoms with Gasteiger partial charge in [-0.25, -0.2) is 8.78 Å². The Labute approximate surface area is 199 Å². The van der Waals surface area contributed by atoms with Crippen LogP contribution in [0.5, 0.6) is 5.75 Å². The number of halogens is 2. The summed E-state index contributed by atoms with van der Waals surface area (Å²) in [7, 11) is 0. The maximum Gasteiger partial charge on any atom is 0.251 e. The summed E-state index contributed by atoms with van der Waals surface area (Å²) in [5.41, 5.74) is 7.01. The molecule has 2 aromatic carbocycles. The van der Waals surface area contributed by atoms with Gasteiger partial charge < -0.3 is 20.5 Å². The van der Waals surface area contributed by atoms with Crippen LogP contribution in [-0.2, 0) is 0 Å². The second-order valence-electron chi connectivity index (χ2n) is 9.12. The second kappa shape index (κ2) is 11.7. The highest BCUT2D eigenvalue weighted by molar-refractivity contribution is 5.93. The van der Waals surface area contributed by atoms with Crippen LogP contribution in [0.2, 0.25) is 0 Å². The van der Waals surface area contributed by atoms with Crippen molar-refractivity contribution in [2.45, 2.75) is 57.5 Å². The van der Waals surface area contributed by atoms with Crippen LogP contribution in [0.15, 0.2) is 36.4 Å². The molecule has 5 rings (SSSR count). The third-order valence-corrected chi connectivity index (χ3v) is 6.11. The van der Waals surface area contributed by atoms with E-state index < -0.39 is 11.7 Å². The minimum Gasteiger partial charge on any atom is -0.488 e. The lowest BCUT2D eigenvalue weighted by Crippen LogP contribution is -2.41. The Kier molecular flexibility index (Phi) is 8.75. The smallest absolute Gasteiger partial charge is 0.251 e. The monoisotopic (exact) mass is 470 g/mol. The zero-order valence-electron chi connectivity index (χ0n) is 19.5. The number of piperidine rings is 1. The predicted molar refractivity (Wildman–Crippen MR) is 128 cm³/mol. The number of nitrogens with zero attached hydrogens (tertiary/aromatic N) is 1. The molecule has 34 heavy (non-hydrogen) atoms. The molecule has 3 aliphatic rings. The third-order valence-electron chi connectivity index (χ3n) is 6.11. The molecule has 5 nitrogen and oxygen atoms in total. The number of hydrogen-bond donors (Lipinski definition) is 2. The molecule has 2 saturated carbocycles. The van der Waals surface area contributed by atoms with Gasteiger partial charge in [-0.3, -0.25) is 4.79 Å². The van der Waals surface area contributed by atoms with Crippen LogP contribution in [-0.4, -0.2) is 30.2 Å². The summed E-state index contributed by atoms with van der Waals surface area (Å²) in [6.07, 6.45) is 12.1. The Hall–Kier alpha value is -3.27. The van der Waals surface area contributed by atoms with E-state index in [0.29, 0.717) is 18.2 Å². The molecule has 0 bridgehead atoms. The number of aliphatic hydroxyl groups is 1. The number of benzene rings is 2. The minimum absolute atomic E-state index is 0.0826. The Morgan fingerprint density at radius 2 is 1.76 bits per heavy atom. The van der Waals surface area contributed by atoms with Gasteiger partial charge in [-0.05, 0) is 73.4 Å². The van der Waals surface area contributed by atoms with Gasteiger partial charge in [-0.15, -0.1) is 0 Å². The number of terminal acetylenes is 1. The van der Waals surface area contributed by atoms with Crippen molar-refractivity contribution in [3.63, 3.8) is 0 Å². The number of hydrogen-bond acceptors (Lipinski definition) is 4. The normalized spacial score (nSPS) is 19.0. The molecule has 182 valence electrons. The molecule has 2 aromatic rings. The molecular formula is C27H32F2N2O3. The van der Waals surface area contributed by atoms with Crippen LogP contribution in [0.3, 0.4) is 0 Å². The van der Waals surface area contributed by atoms with Gasteiger partial charge in [-0.2, -0.15) is 0 Å². The van der Waals surface area contributed by atoms with Crippen molar-refractivity contribution in [2.24, 2.45) is 11.7 Å². The number of primary amides is 1. The maximum absolute atomic E-state index is 14.3. The van der Waals surface area contributed by atoms with Crippen molar-refractivity contribution in [2.75, 3.05) is 18.0 Å². The molecule has 1 atom stereocenters. The van der Waals surface area contributed by atoms with E-state index >= 15 is 0 Å². The molecule has 1 heterocycles. The van der Waals surface area contributed by atoms with Crippen LogP contribution in [0.25, 0.3) is 0 Å². The first-order valence-corrected chi connectivity index (χ1v) is 11.7. The van der Waals surface area contributed by atoms with Gasteiger partial charge in [0.05, 0.1) is 12.1 Å². The summed E-state index contributed by atoms with van der Waals surface area (Å²) in [5.74, 6) is 0.221. The molecule has 0 aromatic heterocycles. The van der Waals surface area contributed by atoms with E-state index in [1.54, 1.807) is 18.2 Å². The molecule has 1 unspecified atom stereocenters. The quantitative estimate of drug-likeness (QED) is 0.578. The Bertz CT molecular complexity index is 1010. The highest BCUT2D eigenvalue weighted by Gasteiger charge is 2.31. The fraction of sp³-hybridized carbons (Fsp3) is 0.444. The molecule has 2 aliphatic carbocycles. The van der Waals surface area contributed by atoms with E-state index in [2.05, 4.69) is 18.2 Å². The molecule has 0 spiro atoms. The summed E-state index contributed by atoms with van der Waals surface area (Å²) in [6, 6.07) is 9.25. The molecule has 1 amide bonds. The van der Waals surface area contributed by atoms with Gasteiger partial charge in [0.1, 0.15) is 29.6 Å². The van der Waals surface area contributed by atoms with Gasteiger partial charge in [-0.1, -0.05) is 26.2 Å². The summed E-state index contributed by atoms with van der Waals surface area (Å²) >= 11 is 0. The van der Waals surface area contributed by atoms with Crippen LogP contribution in [0.1, 0.15) is 67.3 Å². The van der Waals surface area contributed by atoms with Gasteiger partial charge in [0.15, 0.2) is 0 Å². The number of nitrogens with two attached hydrogens (primary N) is 1. The lowest BCUT2D eigenvalue weighted by molar-refractivity contribution is 0.0996. The van der Waals surface area contributed by atoms with Crippen LogP contribution in [0, 0.1) is 30.1 Å². The summed E-state index contributed by atoms with van der Waals surface area (Å²) in [4.78, 5) is 13.6. The molecular weight excluding hydrogens is 438 g/mol. The maximum atomic E-state index is 14.3. The van der Waals surface area contributed by atoms with Gasteiger partial charge in [0.2, 0.25) is 0 Å². The third kappa shape index (κ3) is 7.38. The first kappa shape index (κ1) is 25.4. The van der Waals surface area contributed by atoms with E-state index in [0.717, 1.165) is 49.4 Å². The number of carbonyl (C=O) groups excluding carboxylic acids is 1. The lowest BCUT2D eigenvalue weighted by atomic mass is 10.0. The average Bonchev–Trinajstić information content (AvgIpc) is 3.73. The fourth-order valence-electron chi connectivity index (χ4n) is 3.84. The highest BCUT2D eigenvalue weighted by atomic mass is 19.1. The highest BCUT2D eigenvalue weighted by Crippen LogP contribution is 2.45. The van der Waals surface area contributed by atoms with E-state index in [-0.39, 0.29) is 17.5 Å². The summed E-state index contributed by atoms with van der Waals surface area (Å²) in [5, 5.41) is 7.10. The van der Waals surface area contributed by atoms with Crippen LogP contribution < -0.4 is 15.4 Å². The lowest BCUT2D eigenvalue weighted by Gasteiger charge is -2.35. The van der Waals surface area contributed by atoms with Crippen LogP contribution >= 0.6 is 0 Å². The van der Waals surface area contributed by atoms with E-state index in [9.17, 15) is 13.6 Å². The second-order valence-corrected chi connectivity index (χ2v) is 9.12. The van der Waals surface area contributed by atoms with Crippen molar-refractivity contribution in [3.8, 4) is 18.3 Å². The standard InChI is InChI=1S/C21H22F2N2O2.C4H8.C2H2O/c22-14-5-7-15(8-6-14)25-9-1-2-16(12-25)27-20-11-19(23)18(21(24)26)10-17(20)13-3-4-13;1-4-2-3-4;1-2-3/h5-8,10-11,13,16H,1-4,9,12H2,(H2,24,26);4H,2-3H2,1H3;1,3H. The fourth-order valence-corrected chi connectivity index (χ4v) is 3.84. The molecule has 1 saturated heterocycles. The van der Waals surface area contributed by atoms with E-state index in [1.165, 1.54) is 37.1 Å². The number of amides is 1. The molecule has 3 N–H and O–H groups in total. The summed E-state index contributed by atoms with van der Waals surface area (Å²) < 4.78 is 33.6. The zero-order valence-corrected chi connectivity index (χ0v) is 19.5. The van der Waals surface area contributed by atoms with E-state index in [4.69, 9.17) is 15.6 Å². The van der Waals surface area contributed by atoms with Gasteiger partial charge in [0, 0.05) is 18.3 Å². The Balaban J connectivity index is 0.000000404. The topological polar surface area (TPSA) is 75.8 Å². The molecule has 3 fully saturated rings. The molecule has 7 heteroatoms. The van der Waals surface area contributed by atoms with Crippen LogP contribution in [0.4, 0.5) is 14.5 Å². The van der Waals surface area contributed by atoms with Gasteiger partial charge in [0.25, 0.3) is 5.91 Å². The Morgan fingerprint density at radius 1 is 1.15 bits per heavy atom. The minimum atomic E-state index is -0.763. The number of aliphatic hydroxyl groups excluding tert-OH is 1. The number of carbonyl (C=O) groups is 1. The van der Waals surface area contributed by atoms with Crippen molar-refractivity contribution in [1.82, 2.24) is 0 Å². The van der Waals surface area contributed by atoms with Crippen molar-refractivity contribution < 1.29 is 23.4 Å². The van der Waals surface area contributed by atoms with Crippen molar-refractivity contribution in [1.29, 1.82) is 0 Å². The van der Waals surface area contributed by atoms with Gasteiger partial charge >= 0.3 is 0 Å². The zero-order chi connectivity index (χ0) is 24.7. The molecule has 0 radical (unpaired) electrons. The Morgan fingerprint density at radius 3 is 2.29 bits per heavy atom. The summed E-state index contributed by atoms with van der Waals surface area (Å²) in [6.45, 7) is 3.80. The van der Waals surface area contributed by atoms with Crippen molar-refractivity contribution >= 4 is 11.6 Å². The van der Waals surface area contributed by atoms with Crippen molar-refractivity contribution in [3.05, 3.63) is 59.2 Å². The van der Waals surface area contributed by atoms with E-state index in [1.807, 2.05) is 0 Å². The predicted octanol–water partition coefficient (Wildman–Crippen LogP) is 5.35.